The molecule has 6 heteroatoms. The van der Waals surface area contributed by atoms with Gasteiger partial charge in [-0.15, -0.1) is 0 Å². The molecule has 0 unspecified atom stereocenters. The molecular formula is C72H56Br2Cl3Fe. The molecule has 0 aliphatic heterocycles. The summed E-state index contributed by atoms with van der Waals surface area (Å²) in [6.07, 6.45) is 0. The van der Waals surface area contributed by atoms with Gasteiger partial charge in [0.2, 0.25) is 0 Å². The maximum atomic E-state index is 4.89. The van der Waals surface area contributed by atoms with E-state index in [2.05, 4.69) is 281 Å². The number of fused-ring (bicyclic) bond motifs is 18. The predicted octanol–water partition coefficient (Wildman–Crippen LogP) is 23.0. The monoisotopic (exact) mass is 1240 g/mol. The van der Waals surface area contributed by atoms with E-state index < -0.39 is 11.2 Å². The van der Waals surface area contributed by atoms with Crippen molar-refractivity contribution in [1.82, 2.24) is 0 Å². The molecular weight excluding hydrogens is 1190 g/mol. The van der Waals surface area contributed by atoms with Crippen molar-refractivity contribution < 1.29 is 11.2 Å². The minimum absolute atomic E-state index is 0.0229. The van der Waals surface area contributed by atoms with Crippen LogP contribution in [0.25, 0.3) is 99.1 Å². The van der Waals surface area contributed by atoms with Gasteiger partial charge in [0, 0.05) is 30.6 Å². The van der Waals surface area contributed by atoms with Crippen molar-refractivity contribution in [3.63, 3.8) is 0 Å². The van der Waals surface area contributed by atoms with Crippen LogP contribution < -0.4 is 0 Å². The third-order valence-corrected chi connectivity index (χ3v) is 19.0. The first-order valence-electron chi connectivity index (χ1n) is 26.6. The van der Waals surface area contributed by atoms with Gasteiger partial charge in [0.05, 0.1) is 0 Å². The van der Waals surface area contributed by atoms with Crippen molar-refractivity contribution in [2.24, 2.45) is 0 Å². The summed E-state index contributed by atoms with van der Waals surface area (Å²) >= 11 is 6.08. The van der Waals surface area contributed by atoms with Crippen LogP contribution in [-0.2, 0) is 32.8 Å². The van der Waals surface area contributed by atoms with Crippen molar-refractivity contribution in [2.75, 3.05) is 0 Å². The van der Waals surface area contributed by atoms with E-state index in [-0.39, 0.29) is 21.7 Å². The molecule has 0 heterocycles. The molecule has 0 saturated carbocycles. The summed E-state index contributed by atoms with van der Waals surface area (Å²) < 4.78 is 2.30. The molecule has 0 radical (unpaired) electrons. The topological polar surface area (TPSA) is 0 Å². The molecule has 4 aliphatic carbocycles. The van der Waals surface area contributed by atoms with Gasteiger partial charge in [-0.05, 0) is 210 Å². The molecule has 0 saturated heterocycles. The average Bonchev–Trinajstić information content (AvgIpc) is 4.11. The number of halogens is 5. The third-order valence-electron chi connectivity index (χ3n) is 18.1. The number of rotatable bonds is 2. The average molecular weight is 1240 g/mol. The van der Waals surface area contributed by atoms with Crippen LogP contribution in [0.2, 0.25) is 0 Å². The fourth-order valence-electron chi connectivity index (χ4n) is 14.0. The number of benzene rings is 11. The molecule has 4 aliphatic rings. The second kappa shape index (κ2) is 18.8. The van der Waals surface area contributed by atoms with Crippen LogP contribution in [0.15, 0.2) is 203 Å². The molecule has 11 aromatic rings. The van der Waals surface area contributed by atoms with Gasteiger partial charge < -0.3 is 0 Å². The molecule has 0 nitrogen and oxygen atoms in total. The van der Waals surface area contributed by atoms with E-state index >= 15 is 0 Å². The van der Waals surface area contributed by atoms with Gasteiger partial charge in [0.1, 0.15) is 0 Å². The van der Waals surface area contributed by atoms with E-state index in [0.29, 0.717) is 0 Å². The Balaban J connectivity index is 0.000000139. The zero-order valence-electron chi connectivity index (χ0n) is 44.7. The van der Waals surface area contributed by atoms with Gasteiger partial charge in [-0.1, -0.05) is 215 Å². The van der Waals surface area contributed by atoms with Crippen LogP contribution in [0.4, 0.5) is 0 Å². The molecule has 387 valence electrons. The Bertz CT molecular complexity index is 4340. The Morgan fingerprint density at radius 1 is 0.256 bits per heavy atom. The molecule has 11 aromatic carbocycles. The fourth-order valence-corrected chi connectivity index (χ4v) is 14.8. The van der Waals surface area contributed by atoms with Crippen LogP contribution >= 0.6 is 62.2 Å². The van der Waals surface area contributed by atoms with Crippen LogP contribution in [0.1, 0.15) is 99.9 Å². The molecule has 78 heavy (non-hydrogen) atoms. The predicted molar refractivity (Wildman–Crippen MR) is 339 cm³/mol. The SMILES string of the molecule is CC1(C)c2cc(Br)ccc2-c2cc3c(cc21)-c1cc2c4ccccc4c4ccccc4c2cc1C3(C)C.CC1(C)c2cc(Br)ccc2-c2cc3c(cc21)-c1ccc(-c2ccccc2-c2ccccc2)cc1C3(C)C.[Cl][Fe]([Cl])[Cl]. The second-order valence-electron chi connectivity index (χ2n) is 23.6. The normalized spacial score (nSPS) is 15.6. The van der Waals surface area contributed by atoms with E-state index in [1.165, 1.54) is 144 Å². The fraction of sp³-hybridized carbons (Fsp3) is 0.167. The first kappa shape index (κ1) is 52.0. The Morgan fingerprint density at radius 2 is 0.551 bits per heavy atom. The summed E-state index contributed by atoms with van der Waals surface area (Å²) in [5.41, 5.74) is 27.4. The Kier molecular flexibility index (Phi) is 12.5. The first-order valence-corrected chi connectivity index (χ1v) is 32.7. The number of hydrogen-bond donors (Lipinski definition) is 0. The Labute approximate surface area is 492 Å². The summed E-state index contributed by atoms with van der Waals surface area (Å²) in [5.74, 6) is 0. The van der Waals surface area contributed by atoms with Crippen molar-refractivity contribution in [3.05, 3.63) is 248 Å². The van der Waals surface area contributed by atoms with Crippen LogP contribution in [0, 0.1) is 0 Å². The molecule has 0 spiro atoms. The second-order valence-corrected chi connectivity index (χ2v) is 30.9. The Hall–Kier alpha value is -5.45. The van der Waals surface area contributed by atoms with Gasteiger partial charge in [-0.2, -0.15) is 0 Å². The van der Waals surface area contributed by atoms with E-state index in [4.69, 9.17) is 30.3 Å². The third kappa shape index (κ3) is 8.00. The summed E-state index contributed by atoms with van der Waals surface area (Å²) in [5, 5.41) is 8.06. The van der Waals surface area contributed by atoms with Gasteiger partial charge in [-0.3, -0.25) is 0 Å². The Morgan fingerprint density at radius 3 is 0.987 bits per heavy atom. The first-order chi connectivity index (χ1) is 37.3. The van der Waals surface area contributed by atoms with Gasteiger partial charge in [0.25, 0.3) is 0 Å². The summed E-state index contributed by atoms with van der Waals surface area (Å²) in [6, 6.07) is 72.9. The minimum atomic E-state index is -1.33. The standard InChI is InChI=1S/C36H27Br.C36H29Br.3ClH.Fe/c1-35(2)31-15-20(37)13-14-25(31)29-18-34-30(19-33(29)35)28-16-26-23-11-7-5-9-21(23)22-10-6-8-12-24(22)27(26)17-32(28)36(34,3)4;1-35(2)31-18-23(26-13-9-8-12-25(26)22-10-6-5-7-11-22)14-16-27(31)29-20-34-30(21-33(29)35)28-17-15-24(37)19-32(28)36(34,3)4;;;;/h5-19H,1-4H3;5-21H,1-4H3;3*1H;/q;;;;;+3/p-3. The molecule has 0 bridgehead atoms. The van der Waals surface area contributed by atoms with E-state index in [1.807, 2.05) is 0 Å². The molecule has 0 N–H and O–H groups in total. The molecule has 0 amide bonds. The summed E-state index contributed by atoms with van der Waals surface area (Å²) in [7, 11) is 14.7. The van der Waals surface area contributed by atoms with Gasteiger partial charge in [-0.25, -0.2) is 0 Å². The van der Waals surface area contributed by atoms with Gasteiger partial charge in [0.15, 0.2) is 0 Å². The molecule has 0 fully saturated rings. The number of hydrogen-bond acceptors (Lipinski definition) is 0. The summed E-state index contributed by atoms with van der Waals surface area (Å²) in [4.78, 5) is 0. The zero-order chi connectivity index (χ0) is 54.4. The van der Waals surface area contributed by atoms with Crippen LogP contribution in [0.5, 0.6) is 0 Å². The van der Waals surface area contributed by atoms with Crippen molar-refractivity contribution in [3.8, 4) is 66.8 Å². The van der Waals surface area contributed by atoms with Crippen molar-refractivity contribution in [1.29, 1.82) is 0 Å². The maximum absolute atomic E-state index is 4.89. The van der Waals surface area contributed by atoms with Crippen LogP contribution in [-0.4, -0.2) is 0 Å². The van der Waals surface area contributed by atoms with E-state index in [0.717, 1.165) is 8.95 Å². The summed E-state index contributed by atoms with van der Waals surface area (Å²) in [6.45, 7) is 19.1. The molecule has 0 aromatic heterocycles. The van der Waals surface area contributed by atoms with Crippen molar-refractivity contribution in [2.45, 2.75) is 77.0 Å². The van der Waals surface area contributed by atoms with Crippen molar-refractivity contribution >= 4 is 94.5 Å². The quantitative estimate of drug-likeness (QED) is 0.120. The van der Waals surface area contributed by atoms with Crippen LogP contribution in [0.3, 0.4) is 0 Å². The van der Waals surface area contributed by atoms with Gasteiger partial charge >= 0.3 is 41.5 Å². The van der Waals surface area contributed by atoms with E-state index in [1.54, 1.807) is 0 Å². The molecule has 0 atom stereocenters. The van der Waals surface area contributed by atoms with E-state index in [9.17, 15) is 0 Å². The molecule has 15 rings (SSSR count). The zero-order valence-corrected chi connectivity index (χ0v) is 51.3.